The van der Waals surface area contributed by atoms with E-state index in [2.05, 4.69) is 42.4 Å². The van der Waals surface area contributed by atoms with E-state index in [1.807, 2.05) is 12.1 Å². The topological polar surface area (TPSA) is 103 Å². The SMILES string of the molecule is CN1CCN(c2ccc(C(=O)Nc3cc(-c4ccc(CC(=O)NCc5cc(OC(F)(F)F)ccc5F)cc4)[nH]n3)cc2)CC1. The number of H-pyrrole nitrogens is 1. The van der Waals surface area contributed by atoms with Crippen LogP contribution in [-0.4, -0.2) is 66.5 Å². The number of likely N-dealkylation sites (N-methyl/N-ethyl adjacent to an activating group) is 1. The van der Waals surface area contributed by atoms with Crippen LogP contribution in [0, 0.1) is 5.82 Å². The molecule has 9 nitrogen and oxygen atoms in total. The third-order valence-electron chi connectivity index (χ3n) is 7.17. The Morgan fingerprint density at radius 3 is 2.34 bits per heavy atom. The van der Waals surface area contributed by atoms with Crippen molar-refractivity contribution in [1.29, 1.82) is 0 Å². The molecular formula is C31H30F4N6O3. The number of aromatic amines is 1. The lowest BCUT2D eigenvalue weighted by atomic mass is 10.1. The molecule has 0 atom stereocenters. The number of benzene rings is 3. The molecule has 1 aliphatic rings. The van der Waals surface area contributed by atoms with E-state index in [1.54, 1.807) is 42.5 Å². The van der Waals surface area contributed by atoms with E-state index in [9.17, 15) is 27.2 Å². The van der Waals surface area contributed by atoms with E-state index in [0.29, 0.717) is 22.6 Å². The average molecular weight is 611 g/mol. The number of hydrogen-bond donors (Lipinski definition) is 3. The maximum atomic E-state index is 14.0. The zero-order valence-corrected chi connectivity index (χ0v) is 23.7. The summed E-state index contributed by atoms with van der Waals surface area (Å²) in [6, 6.07) is 18.8. The van der Waals surface area contributed by atoms with Gasteiger partial charge in [0, 0.05) is 55.6 Å². The quantitative estimate of drug-likeness (QED) is 0.231. The zero-order valence-electron chi connectivity index (χ0n) is 23.7. The van der Waals surface area contributed by atoms with Crippen LogP contribution in [-0.2, 0) is 17.8 Å². The van der Waals surface area contributed by atoms with Gasteiger partial charge in [-0.15, -0.1) is 13.2 Å². The minimum atomic E-state index is -4.91. The van der Waals surface area contributed by atoms with Crippen LogP contribution in [0.25, 0.3) is 11.3 Å². The second-order valence-corrected chi connectivity index (χ2v) is 10.4. The van der Waals surface area contributed by atoms with Crippen molar-refractivity contribution in [2.24, 2.45) is 0 Å². The van der Waals surface area contributed by atoms with Crippen molar-refractivity contribution in [3.8, 4) is 17.0 Å². The third kappa shape index (κ3) is 8.13. The minimum Gasteiger partial charge on any atom is -0.406 e. The van der Waals surface area contributed by atoms with E-state index in [1.165, 1.54) is 0 Å². The van der Waals surface area contributed by atoms with Crippen molar-refractivity contribution in [2.45, 2.75) is 19.3 Å². The van der Waals surface area contributed by atoms with Gasteiger partial charge in [-0.25, -0.2) is 4.39 Å². The number of anilines is 2. The molecule has 1 saturated heterocycles. The second-order valence-electron chi connectivity index (χ2n) is 10.4. The Kier molecular flexibility index (Phi) is 9.14. The monoisotopic (exact) mass is 610 g/mol. The molecule has 44 heavy (non-hydrogen) atoms. The third-order valence-corrected chi connectivity index (χ3v) is 7.17. The Labute approximate surface area is 250 Å². The number of rotatable bonds is 9. The molecule has 2 heterocycles. The Balaban J connectivity index is 1.12. The van der Waals surface area contributed by atoms with Gasteiger partial charge in [0.2, 0.25) is 5.91 Å². The highest BCUT2D eigenvalue weighted by molar-refractivity contribution is 6.04. The number of ether oxygens (including phenoxy) is 1. The van der Waals surface area contributed by atoms with Gasteiger partial charge in [-0.05, 0) is 60.6 Å². The van der Waals surface area contributed by atoms with Crippen LogP contribution in [0.2, 0.25) is 0 Å². The van der Waals surface area contributed by atoms with Crippen molar-refractivity contribution in [2.75, 3.05) is 43.4 Å². The highest BCUT2D eigenvalue weighted by atomic mass is 19.4. The molecule has 0 bridgehead atoms. The zero-order chi connectivity index (χ0) is 31.3. The molecule has 0 saturated carbocycles. The first kappa shape index (κ1) is 30.5. The number of nitrogens with zero attached hydrogens (tertiary/aromatic N) is 3. The number of nitrogens with one attached hydrogen (secondary N) is 3. The summed E-state index contributed by atoms with van der Waals surface area (Å²) in [4.78, 5) is 29.7. The molecule has 5 rings (SSSR count). The lowest BCUT2D eigenvalue weighted by Crippen LogP contribution is -2.44. The van der Waals surface area contributed by atoms with Gasteiger partial charge in [-0.2, -0.15) is 5.10 Å². The largest absolute Gasteiger partial charge is 0.573 e. The van der Waals surface area contributed by atoms with Gasteiger partial charge in [0.15, 0.2) is 5.82 Å². The van der Waals surface area contributed by atoms with Crippen molar-refractivity contribution in [3.63, 3.8) is 0 Å². The van der Waals surface area contributed by atoms with E-state index >= 15 is 0 Å². The van der Waals surface area contributed by atoms with Gasteiger partial charge in [-0.3, -0.25) is 14.7 Å². The van der Waals surface area contributed by atoms with Gasteiger partial charge < -0.3 is 25.2 Å². The van der Waals surface area contributed by atoms with E-state index < -0.39 is 23.8 Å². The summed E-state index contributed by atoms with van der Waals surface area (Å²) in [5.41, 5.74) is 3.53. The van der Waals surface area contributed by atoms with Crippen LogP contribution in [0.3, 0.4) is 0 Å². The second kappa shape index (κ2) is 13.2. The van der Waals surface area contributed by atoms with Crippen LogP contribution >= 0.6 is 0 Å². The van der Waals surface area contributed by atoms with Gasteiger partial charge >= 0.3 is 6.36 Å². The predicted octanol–water partition coefficient (Wildman–Crippen LogP) is 4.98. The number of amides is 2. The number of aromatic nitrogens is 2. The molecular weight excluding hydrogens is 580 g/mol. The smallest absolute Gasteiger partial charge is 0.406 e. The minimum absolute atomic E-state index is 0.0292. The standard InChI is InChI=1S/C31H30F4N6O3/c1-40-12-14-41(15-13-40)24-8-6-22(7-9-24)30(43)37-28-18-27(38-39-28)21-4-2-20(3-5-21)16-29(42)36-19-23-17-25(10-11-26(23)32)44-31(33,34)35/h2-11,17-18H,12-16,19H2,1H3,(H,36,42)(H2,37,38,39,43). The van der Waals surface area contributed by atoms with Crippen molar-refractivity contribution < 1.29 is 31.9 Å². The Morgan fingerprint density at radius 1 is 0.955 bits per heavy atom. The van der Waals surface area contributed by atoms with Crippen molar-refractivity contribution in [3.05, 3.63) is 95.3 Å². The Hall–Kier alpha value is -4.91. The van der Waals surface area contributed by atoms with Crippen LogP contribution in [0.15, 0.2) is 72.8 Å². The molecule has 230 valence electrons. The number of carbonyl (C=O) groups is 2. The number of carbonyl (C=O) groups excluding carboxylic acids is 2. The van der Waals surface area contributed by atoms with Crippen LogP contribution < -0.4 is 20.3 Å². The van der Waals surface area contributed by atoms with Crippen LogP contribution in [0.5, 0.6) is 5.75 Å². The fourth-order valence-electron chi connectivity index (χ4n) is 4.74. The Bertz CT molecular complexity index is 1600. The van der Waals surface area contributed by atoms with Crippen molar-refractivity contribution in [1.82, 2.24) is 20.4 Å². The molecule has 3 N–H and O–H groups in total. The molecule has 0 aliphatic carbocycles. The fourth-order valence-corrected chi connectivity index (χ4v) is 4.74. The molecule has 0 unspecified atom stereocenters. The van der Waals surface area contributed by atoms with Gasteiger partial charge in [0.1, 0.15) is 11.6 Å². The van der Waals surface area contributed by atoms with E-state index in [0.717, 1.165) is 55.6 Å². The summed E-state index contributed by atoms with van der Waals surface area (Å²) < 4.78 is 55.1. The molecule has 3 aromatic carbocycles. The Morgan fingerprint density at radius 2 is 1.66 bits per heavy atom. The predicted molar refractivity (Wildman–Crippen MR) is 157 cm³/mol. The van der Waals surface area contributed by atoms with Gasteiger partial charge in [0.25, 0.3) is 5.91 Å². The molecule has 0 spiro atoms. The summed E-state index contributed by atoms with van der Waals surface area (Å²) in [6.07, 6.45) is -4.94. The normalized spacial score (nSPS) is 13.9. The lowest BCUT2D eigenvalue weighted by molar-refractivity contribution is -0.274. The van der Waals surface area contributed by atoms with Gasteiger partial charge in [0.05, 0.1) is 12.1 Å². The molecule has 0 radical (unpaired) electrons. The highest BCUT2D eigenvalue weighted by Gasteiger charge is 2.31. The average Bonchev–Trinajstić information content (AvgIpc) is 3.46. The summed E-state index contributed by atoms with van der Waals surface area (Å²) in [7, 11) is 2.10. The van der Waals surface area contributed by atoms with Crippen molar-refractivity contribution >= 4 is 23.3 Å². The first-order valence-electron chi connectivity index (χ1n) is 13.8. The first-order valence-corrected chi connectivity index (χ1v) is 13.8. The molecule has 13 heteroatoms. The maximum Gasteiger partial charge on any atom is 0.573 e. The van der Waals surface area contributed by atoms with Crippen LogP contribution in [0.1, 0.15) is 21.5 Å². The molecule has 2 amide bonds. The molecule has 4 aromatic rings. The number of halogens is 4. The molecule has 1 aliphatic heterocycles. The molecule has 1 fully saturated rings. The first-order chi connectivity index (χ1) is 21.0. The summed E-state index contributed by atoms with van der Waals surface area (Å²) in [6.45, 7) is 3.57. The number of hydrogen-bond acceptors (Lipinski definition) is 6. The van der Waals surface area contributed by atoms with E-state index in [-0.39, 0.29) is 24.4 Å². The van der Waals surface area contributed by atoms with Crippen LogP contribution in [0.4, 0.5) is 29.1 Å². The van der Waals surface area contributed by atoms with E-state index in [4.69, 9.17) is 0 Å². The van der Waals surface area contributed by atoms with Gasteiger partial charge in [-0.1, -0.05) is 24.3 Å². The molecule has 1 aromatic heterocycles. The maximum absolute atomic E-state index is 14.0. The summed E-state index contributed by atoms with van der Waals surface area (Å²) in [5.74, 6) is -1.71. The number of alkyl halides is 3. The lowest BCUT2D eigenvalue weighted by Gasteiger charge is -2.34. The fraction of sp³-hybridized carbons (Fsp3) is 0.258. The number of piperazine rings is 1. The summed E-state index contributed by atoms with van der Waals surface area (Å²) in [5, 5.41) is 12.4. The summed E-state index contributed by atoms with van der Waals surface area (Å²) >= 11 is 0. The highest BCUT2D eigenvalue weighted by Crippen LogP contribution is 2.25.